The number of carbonyl (C=O) groups excluding carboxylic acids is 1. The number of aromatic nitrogens is 1. The Hall–Kier alpha value is -2.59. The lowest BCUT2D eigenvalue weighted by Gasteiger charge is -2.10. The molecule has 0 radical (unpaired) electrons. The van der Waals surface area contributed by atoms with Crippen molar-refractivity contribution in [3.05, 3.63) is 84.7 Å². The summed E-state index contributed by atoms with van der Waals surface area (Å²) in [6.07, 6.45) is 1.61. The number of rotatable bonds is 4. The quantitative estimate of drug-likeness (QED) is 0.772. The van der Waals surface area contributed by atoms with Crippen molar-refractivity contribution in [2.75, 3.05) is 5.32 Å². The van der Waals surface area contributed by atoms with Crippen LogP contribution in [0.3, 0.4) is 0 Å². The Balaban J connectivity index is 1.81. The molecular weight excluding hydrogens is 292 g/mol. The van der Waals surface area contributed by atoms with Crippen LogP contribution < -0.4 is 5.32 Å². The molecule has 0 aliphatic carbocycles. The maximum absolute atomic E-state index is 12.2. The van der Waals surface area contributed by atoms with Crippen molar-refractivity contribution in [1.82, 2.24) is 4.98 Å². The van der Waals surface area contributed by atoms with Gasteiger partial charge in [-0.2, -0.15) is 0 Å². The van der Waals surface area contributed by atoms with Crippen molar-refractivity contribution in [2.24, 2.45) is 0 Å². The fraction of sp³-hybridized carbons (Fsp3) is 0. The summed E-state index contributed by atoms with van der Waals surface area (Å²) in [5, 5.41) is 2.92. The molecule has 22 heavy (non-hydrogen) atoms. The maximum Gasteiger partial charge on any atom is 0.274 e. The summed E-state index contributed by atoms with van der Waals surface area (Å²) < 4.78 is 0. The second kappa shape index (κ2) is 6.91. The van der Waals surface area contributed by atoms with E-state index in [-0.39, 0.29) is 5.91 Å². The molecule has 0 spiro atoms. The first-order chi connectivity index (χ1) is 10.8. The van der Waals surface area contributed by atoms with Gasteiger partial charge in [0.15, 0.2) is 0 Å². The molecule has 0 fully saturated rings. The van der Waals surface area contributed by atoms with Crippen LogP contribution in [0.15, 0.2) is 88.8 Å². The maximum atomic E-state index is 12.2. The van der Waals surface area contributed by atoms with Gasteiger partial charge in [0, 0.05) is 16.0 Å². The fourth-order valence-electron chi connectivity index (χ4n) is 1.96. The molecule has 3 aromatic rings. The summed E-state index contributed by atoms with van der Waals surface area (Å²) in [5.74, 6) is -0.207. The van der Waals surface area contributed by atoms with Gasteiger partial charge < -0.3 is 5.32 Å². The minimum Gasteiger partial charge on any atom is -0.320 e. The van der Waals surface area contributed by atoms with Crippen LogP contribution in [-0.4, -0.2) is 10.9 Å². The normalized spacial score (nSPS) is 10.2. The zero-order chi connectivity index (χ0) is 15.2. The molecule has 1 N–H and O–H groups in total. The van der Waals surface area contributed by atoms with Gasteiger partial charge in [-0.15, -0.1) is 0 Å². The highest BCUT2D eigenvalue weighted by Crippen LogP contribution is 2.33. The molecule has 4 heteroatoms. The predicted molar refractivity (Wildman–Crippen MR) is 89.2 cm³/mol. The molecule has 3 rings (SSSR count). The van der Waals surface area contributed by atoms with Gasteiger partial charge in [0.25, 0.3) is 5.91 Å². The lowest BCUT2D eigenvalue weighted by molar-refractivity contribution is 0.102. The van der Waals surface area contributed by atoms with Crippen LogP contribution in [0.1, 0.15) is 10.5 Å². The van der Waals surface area contributed by atoms with Gasteiger partial charge in [-0.05, 0) is 36.4 Å². The molecule has 0 aliphatic heterocycles. The van der Waals surface area contributed by atoms with Crippen molar-refractivity contribution in [3.63, 3.8) is 0 Å². The van der Waals surface area contributed by atoms with Crippen molar-refractivity contribution in [3.8, 4) is 0 Å². The third-order valence-corrected chi connectivity index (χ3v) is 4.09. The lowest BCUT2D eigenvalue weighted by Crippen LogP contribution is -2.13. The van der Waals surface area contributed by atoms with Crippen LogP contribution in [0, 0.1) is 0 Å². The third-order valence-electron chi connectivity index (χ3n) is 3.00. The van der Waals surface area contributed by atoms with Crippen LogP contribution in [0.4, 0.5) is 5.69 Å². The van der Waals surface area contributed by atoms with Crippen LogP contribution in [0.25, 0.3) is 0 Å². The smallest absolute Gasteiger partial charge is 0.274 e. The van der Waals surface area contributed by atoms with E-state index in [1.807, 2.05) is 54.6 Å². The Morgan fingerprint density at radius 3 is 2.36 bits per heavy atom. The number of amides is 1. The van der Waals surface area contributed by atoms with E-state index in [1.54, 1.807) is 36.2 Å². The van der Waals surface area contributed by atoms with Crippen LogP contribution in [-0.2, 0) is 0 Å². The van der Waals surface area contributed by atoms with Crippen molar-refractivity contribution in [1.29, 1.82) is 0 Å². The molecule has 108 valence electrons. The Labute approximate surface area is 133 Å². The van der Waals surface area contributed by atoms with Crippen molar-refractivity contribution in [2.45, 2.75) is 9.79 Å². The van der Waals surface area contributed by atoms with Gasteiger partial charge in [-0.1, -0.05) is 48.2 Å². The Morgan fingerprint density at radius 2 is 1.59 bits per heavy atom. The summed E-state index contributed by atoms with van der Waals surface area (Å²) in [5.41, 5.74) is 1.19. The second-order valence-electron chi connectivity index (χ2n) is 4.58. The SMILES string of the molecule is O=C(Nc1ccccc1Sc1ccccc1)c1ccccn1. The average molecular weight is 306 g/mol. The molecule has 0 bridgehead atoms. The summed E-state index contributed by atoms with van der Waals surface area (Å²) in [6.45, 7) is 0. The summed E-state index contributed by atoms with van der Waals surface area (Å²) in [7, 11) is 0. The van der Waals surface area contributed by atoms with Crippen molar-refractivity contribution < 1.29 is 4.79 Å². The molecule has 0 aliphatic rings. The van der Waals surface area contributed by atoms with E-state index < -0.39 is 0 Å². The molecule has 0 unspecified atom stereocenters. The number of hydrogen-bond donors (Lipinski definition) is 1. The monoisotopic (exact) mass is 306 g/mol. The number of benzene rings is 2. The molecular formula is C18H14N2OS. The fourth-order valence-corrected chi connectivity index (χ4v) is 2.88. The van der Waals surface area contributed by atoms with Gasteiger partial charge >= 0.3 is 0 Å². The highest BCUT2D eigenvalue weighted by Gasteiger charge is 2.10. The van der Waals surface area contributed by atoms with Gasteiger partial charge in [-0.3, -0.25) is 9.78 Å². The van der Waals surface area contributed by atoms with E-state index in [2.05, 4.69) is 10.3 Å². The highest BCUT2D eigenvalue weighted by molar-refractivity contribution is 7.99. The molecule has 1 aromatic heterocycles. The lowest BCUT2D eigenvalue weighted by atomic mass is 10.3. The first-order valence-corrected chi connectivity index (χ1v) is 7.69. The molecule has 2 aromatic carbocycles. The standard InChI is InChI=1S/C18H14N2OS/c21-18(16-11-6-7-13-19-16)20-15-10-4-5-12-17(15)22-14-8-2-1-3-9-14/h1-13H,(H,20,21). The topological polar surface area (TPSA) is 42.0 Å². The first-order valence-electron chi connectivity index (χ1n) is 6.87. The Kier molecular flexibility index (Phi) is 4.51. The van der Waals surface area contributed by atoms with Gasteiger partial charge in [0.1, 0.15) is 5.69 Å². The average Bonchev–Trinajstić information content (AvgIpc) is 2.58. The number of para-hydroxylation sites is 1. The molecule has 1 heterocycles. The van der Waals surface area contributed by atoms with E-state index in [1.165, 1.54) is 0 Å². The molecule has 0 atom stereocenters. The Bertz CT molecular complexity index is 760. The molecule has 0 saturated carbocycles. The van der Waals surface area contributed by atoms with E-state index in [4.69, 9.17) is 0 Å². The van der Waals surface area contributed by atoms with Crippen molar-refractivity contribution >= 4 is 23.4 Å². The van der Waals surface area contributed by atoms with Crippen LogP contribution in [0.5, 0.6) is 0 Å². The summed E-state index contributed by atoms with van der Waals surface area (Å²) >= 11 is 1.62. The largest absolute Gasteiger partial charge is 0.320 e. The zero-order valence-electron chi connectivity index (χ0n) is 11.8. The third kappa shape index (κ3) is 3.54. The number of carbonyl (C=O) groups is 1. The van der Waals surface area contributed by atoms with Gasteiger partial charge in [-0.25, -0.2) is 0 Å². The zero-order valence-corrected chi connectivity index (χ0v) is 12.6. The highest BCUT2D eigenvalue weighted by atomic mass is 32.2. The van der Waals surface area contributed by atoms with Crippen LogP contribution >= 0.6 is 11.8 Å². The van der Waals surface area contributed by atoms with E-state index in [0.717, 1.165) is 15.5 Å². The second-order valence-corrected chi connectivity index (χ2v) is 5.70. The van der Waals surface area contributed by atoms with E-state index in [0.29, 0.717) is 5.69 Å². The number of hydrogen-bond acceptors (Lipinski definition) is 3. The van der Waals surface area contributed by atoms with Crippen LogP contribution in [0.2, 0.25) is 0 Å². The molecule has 3 nitrogen and oxygen atoms in total. The Morgan fingerprint density at radius 1 is 0.864 bits per heavy atom. The molecule has 0 saturated heterocycles. The molecule has 1 amide bonds. The predicted octanol–water partition coefficient (Wildman–Crippen LogP) is 4.49. The number of nitrogens with one attached hydrogen (secondary N) is 1. The number of anilines is 1. The van der Waals surface area contributed by atoms with Gasteiger partial charge in [0.05, 0.1) is 5.69 Å². The summed E-state index contributed by atoms with van der Waals surface area (Å²) in [6, 6.07) is 23.1. The van der Waals surface area contributed by atoms with Gasteiger partial charge in [0.2, 0.25) is 0 Å². The number of nitrogens with zero attached hydrogens (tertiary/aromatic N) is 1. The van der Waals surface area contributed by atoms with E-state index in [9.17, 15) is 4.79 Å². The minimum atomic E-state index is -0.207. The summed E-state index contributed by atoms with van der Waals surface area (Å²) in [4.78, 5) is 18.4. The minimum absolute atomic E-state index is 0.207. The first kappa shape index (κ1) is 14.4. The van der Waals surface area contributed by atoms with E-state index >= 15 is 0 Å². The number of pyridine rings is 1.